The molecule has 0 radical (unpaired) electrons. The Balaban J connectivity index is 1.78. The van der Waals surface area contributed by atoms with E-state index in [1.54, 1.807) is 24.3 Å². The first-order valence-corrected chi connectivity index (χ1v) is 7.02. The summed E-state index contributed by atoms with van der Waals surface area (Å²) in [5.41, 5.74) is 3.07. The number of aryl methyl sites for hydroxylation is 1. The third-order valence-electron chi connectivity index (χ3n) is 2.22. The molecule has 0 aliphatic rings. The standard InChI is InChI=1S/C13H12ClN3O2S/c1-9-16-10(8-20-9)6-15-17-13(18)7-19-12-5-3-2-4-11(12)14/h2-6,8H,7H2,1H3,(H,17,18)/b15-6+. The summed E-state index contributed by atoms with van der Waals surface area (Å²) in [6.07, 6.45) is 1.48. The molecule has 2 rings (SSSR count). The van der Waals surface area contributed by atoms with Crippen molar-refractivity contribution in [1.82, 2.24) is 10.4 Å². The molecule has 0 aliphatic carbocycles. The Morgan fingerprint density at radius 3 is 3.05 bits per heavy atom. The summed E-state index contributed by atoms with van der Waals surface area (Å²) in [5.74, 6) is 0.0940. The van der Waals surface area contributed by atoms with Gasteiger partial charge in [-0.15, -0.1) is 11.3 Å². The number of carbonyl (C=O) groups excluding carboxylic acids is 1. The minimum atomic E-state index is -0.367. The average molecular weight is 310 g/mol. The number of hydrogen-bond acceptors (Lipinski definition) is 5. The van der Waals surface area contributed by atoms with Crippen LogP contribution in [0.15, 0.2) is 34.7 Å². The van der Waals surface area contributed by atoms with Crippen LogP contribution in [0.5, 0.6) is 5.75 Å². The van der Waals surface area contributed by atoms with Crippen molar-refractivity contribution < 1.29 is 9.53 Å². The van der Waals surface area contributed by atoms with E-state index in [1.165, 1.54) is 17.6 Å². The second-order valence-electron chi connectivity index (χ2n) is 3.80. The van der Waals surface area contributed by atoms with Crippen LogP contribution in [0.4, 0.5) is 0 Å². The number of hydrazone groups is 1. The number of para-hydroxylation sites is 1. The van der Waals surface area contributed by atoms with Crippen molar-refractivity contribution in [1.29, 1.82) is 0 Å². The number of amides is 1. The molecule has 1 heterocycles. The molecule has 0 atom stereocenters. The minimum Gasteiger partial charge on any atom is -0.482 e. The van der Waals surface area contributed by atoms with E-state index in [4.69, 9.17) is 16.3 Å². The van der Waals surface area contributed by atoms with E-state index >= 15 is 0 Å². The van der Waals surface area contributed by atoms with Crippen LogP contribution in [0.3, 0.4) is 0 Å². The third-order valence-corrected chi connectivity index (χ3v) is 3.32. The number of rotatable bonds is 5. The van der Waals surface area contributed by atoms with Gasteiger partial charge in [0.15, 0.2) is 6.61 Å². The SMILES string of the molecule is Cc1nc(/C=N/NC(=O)COc2ccccc2Cl)cs1. The number of ether oxygens (including phenoxy) is 1. The number of nitrogens with zero attached hydrogens (tertiary/aromatic N) is 2. The largest absolute Gasteiger partial charge is 0.482 e. The van der Waals surface area contributed by atoms with Gasteiger partial charge in [0.25, 0.3) is 5.91 Å². The van der Waals surface area contributed by atoms with Gasteiger partial charge in [-0.05, 0) is 19.1 Å². The van der Waals surface area contributed by atoms with E-state index in [9.17, 15) is 4.79 Å². The normalized spacial score (nSPS) is 10.7. The molecule has 1 amide bonds. The second-order valence-corrected chi connectivity index (χ2v) is 5.27. The van der Waals surface area contributed by atoms with Gasteiger partial charge in [-0.2, -0.15) is 5.10 Å². The van der Waals surface area contributed by atoms with Gasteiger partial charge in [-0.3, -0.25) is 4.79 Å². The zero-order valence-electron chi connectivity index (χ0n) is 10.7. The number of carbonyl (C=O) groups is 1. The molecular weight excluding hydrogens is 298 g/mol. The first kappa shape index (κ1) is 14.5. The van der Waals surface area contributed by atoms with Gasteiger partial charge in [-0.1, -0.05) is 23.7 Å². The Bertz CT molecular complexity index is 628. The zero-order chi connectivity index (χ0) is 14.4. The predicted molar refractivity (Wildman–Crippen MR) is 79.5 cm³/mol. The molecule has 1 aromatic heterocycles. The van der Waals surface area contributed by atoms with Crippen molar-refractivity contribution in [3.63, 3.8) is 0 Å². The van der Waals surface area contributed by atoms with Crippen molar-refractivity contribution in [2.75, 3.05) is 6.61 Å². The Morgan fingerprint density at radius 2 is 2.35 bits per heavy atom. The van der Waals surface area contributed by atoms with Crippen molar-refractivity contribution in [3.05, 3.63) is 45.4 Å². The summed E-state index contributed by atoms with van der Waals surface area (Å²) in [6, 6.07) is 6.95. The lowest BCUT2D eigenvalue weighted by Gasteiger charge is -2.05. The number of aromatic nitrogens is 1. The molecule has 5 nitrogen and oxygen atoms in total. The number of thiazole rings is 1. The van der Waals surface area contributed by atoms with Crippen LogP contribution < -0.4 is 10.2 Å². The lowest BCUT2D eigenvalue weighted by atomic mass is 10.3. The number of hydrogen-bond donors (Lipinski definition) is 1. The van der Waals surface area contributed by atoms with E-state index < -0.39 is 0 Å². The van der Waals surface area contributed by atoms with Crippen LogP contribution in [0.1, 0.15) is 10.7 Å². The van der Waals surface area contributed by atoms with Gasteiger partial charge >= 0.3 is 0 Å². The maximum atomic E-state index is 11.5. The second kappa shape index (κ2) is 7.02. The molecule has 20 heavy (non-hydrogen) atoms. The predicted octanol–water partition coefficient (Wildman–Crippen LogP) is 2.63. The zero-order valence-corrected chi connectivity index (χ0v) is 12.2. The Kier molecular flexibility index (Phi) is 5.09. The van der Waals surface area contributed by atoms with Crippen LogP contribution in [0, 0.1) is 6.92 Å². The molecule has 2 aromatic rings. The molecule has 0 fully saturated rings. The topological polar surface area (TPSA) is 63.6 Å². The van der Waals surface area contributed by atoms with E-state index in [0.717, 1.165) is 5.01 Å². The monoisotopic (exact) mass is 309 g/mol. The van der Waals surface area contributed by atoms with E-state index in [2.05, 4.69) is 15.5 Å². The van der Waals surface area contributed by atoms with Crippen molar-refractivity contribution >= 4 is 35.1 Å². The summed E-state index contributed by atoms with van der Waals surface area (Å²) < 4.78 is 5.27. The highest BCUT2D eigenvalue weighted by Crippen LogP contribution is 2.22. The molecule has 1 aromatic carbocycles. The summed E-state index contributed by atoms with van der Waals surface area (Å²) in [5, 5.41) is 7.05. The fourth-order valence-electron chi connectivity index (χ4n) is 1.35. The van der Waals surface area contributed by atoms with Crippen LogP contribution in [0.2, 0.25) is 5.02 Å². The van der Waals surface area contributed by atoms with Crippen molar-refractivity contribution in [2.24, 2.45) is 5.10 Å². The van der Waals surface area contributed by atoms with Gasteiger partial charge in [0.05, 0.1) is 21.9 Å². The average Bonchev–Trinajstić information content (AvgIpc) is 2.83. The molecule has 0 spiro atoms. The summed E-state index contributed by atoms with van der Waals surface area (Å²) >= 11 is 7.42. The quantitative estimate of drug-likeness (QED) is 0.682. The fourth-order valence-corrected chi connectivity index (χ4v) is 2.10. The summed E-state index contributed by atoms with van der Waals surface area (Å²) in [7, 11) is 0. The lowest BCUT2D eigenvalue weighted by molar-refractivity contribution is -0.123. The first-order chi connectivity index (χ1) is 9.65. The highest BCUT2D eigenvalue weighted by Gasteiger charge is 2.04. The van der Waals surface area contributed by atoms with Gasteiger partial charge in [0.2, 0.25) is 0 Å². The smallest absolute Gasteiger partial charge is 0.277 e. The van der Waals surface area contributed by atoms with Gasteiger partial charge in [-0.25, -0.2) is 10.4 Å². The molecule has 104 valence electrons. The molecule has 1 N–H and O–H groups in total. The lowest BCUT2D eigenvalue weighted by Crippen LogP contribution is -2.24. The van der Waals surface area contributed by atoms with Crippen LogP contribution in [-0.2, 0) is 4.79 Å². The molecule has 7 heteroatoms. The van der Waals surface area contributed by atoms with Crippen LogP contribution in [0.25, 0.3) is 0 Å². The van der Waals surface area contributed by atoms with Crippen molar-refractivity contribution in [3.8, 4) is 5.75 Å². The number of nitrogens with one attached hydrogen (secondary N) is 1. The molecular formula is C13H12ClN3O2S. The van der Waals surface area contributed by atoms with E-state index in [-0.39, 0.29) is 12.5 Å². The van der Waals surface area contributed by atoms with E-state index in [1.807, 2.05) is 12.3 Å². The molecule has 0 saturated heterocycles. The Labute approximate surface area is 125 Å². The Hall–Kier alpha value is -1.92. The van der Waals surface area contributed by atoms with Gasteiger partial charge in [0.1, 0.15) is 5.75 Å². The fraction of sp³-hybridized carbons (Fsp3) is 0.154. The molecule has 0 unspecified atom stereocenters. The van der Waals surface area contributed by atoms with Crippen molar-refractivity contribution in [2.45, 2.75) is 6.92 Å². The minimum absolute atomic E-state index is 0.156. The first-order valence-electron chi connectivity index (χ1n) is 5.76. The number of benzene rings is 1. The maximum absolute atomic E-state index is 11.5. The summed E-state index contributed by atoms with van der Waals surface area (Å²) in [4.78, 5) is 15.7. The van der Waals surface area contributed by atoms with Crippen LogP contribution in [-0.4, -0.2) is 23.7 Å². The molecule has 0 aliphatic heterocycles. The van der Waals surface area contributed by atoms with E-state index in [0.29, 0.717) is 16.5 Å². The highest BCUT2D eigenvalue weighted by molar-refractivity contribution is 7.09. The van der Waals surface area contributed by atoms with Gasteiger partial charge < -0.3 is 4.74 Å². The molecule has 0 bridgehead atoms. The molecule has 0 saturated carbocycles. The highest BCUT2D eigenvalue weighted by atomic mass is 35.5. The maximum Gasteiger partial charge on any atom is 0.277 e. The van der Waals surface area contributed by atoms with Crippen LogP contribution >= 0.6 is 22.9 Å². The third kappa shape index (κ3) is 4.32. The van der Waals surface area contributed by atoms with Gasteiger partial charge in [0, 0.05) is 5.38 Å². The Morgan fingerprint density at radius 1 is 1.55 bits per heavy atom. The number of halogens is 1. The summed E-state index contributed by atoms with van der Waals surface area (Å²) in [6.45, 7) is 1.75.